The van der Waals surface area contributed by atoms with Crippen LogP contribution in [0.4, 0.5) is 0 Å². The first-order valence-electron chi connectivity index (χ1n) is 13.5. The summed E-state index contributed by atoms with van der Waals surface area (Å²) in [4.78, 5) is 33.0. The molecule has 1 heterocycles. The Labute approximate surface area is 224 Å². The van der Waals surface area contributed by atoms with Crippen LogP contribution in [0.5, 0.6) is 0 Å². The molecule has 1 saturated heterocycles. The van der Waals surface area contributed by atoms with Crippen molar-refractivity contribution in [3.05, 3.63) is 35.0 Å². The highest BCUT2D eigenvalue weighted by atomic mass is 32.2. The molecular formula is C28H48N6OS. The van der Waals surface area contributed by atoms with Crippen molar-refractivity contribution in [2.75, 3.05) is 45.0 Å². The topological polar surface area (TPSA) is 63.9 Å². The number of thioether (sulfide) groups is 1. The molecule has 2 fully saturated rings. The highest BCUT2D eigenvalue weighted by Crippen LogP contribution is 2.26. The normalized spacial score (nSPS) is 18.2. The van der Waals surface area contributed by atoms with Gasteiger partial charge in [0.1, 0.15) is 5.03 Å². The van der Waals surface area contributed by atoms with Crippen molar-refractivity contribution < 1.29 is 4.79 Å². The molecule has 202 valence electrons. The van der Waals surface area contributed by atoms with Crippen LogP contribution in [0.3, 0.4) is 0 Å². The Bertz CT molecular complexity index is 820. The van der Waals surface area contributed by atoms with Crippen molar-refractivity contribution in [2.24, 2.45) is 15.0 Å². The molecule has 1 amide bonds. The number of nitrogens with zero attached hydrogens (tertiary/aromatic N) is 6. The number of piperazine rings is 1. The first-order valence-corrected chi connectivity index (χ1v) is 14.4. The van der Waals surface area contributed by atoms with Crippen molar-refractivity contribution in [3.8, 4) is 0 Å². The quantitative estimate of drug-likeness (QED) is 0.155. The van der Waals surface area contributed by atoms with Crippen LogP contribution < -0.4 is 0 Å². The van der Waals surface area contributed by atoms with Gasteiger partial charge in [-0.3, -0.25) is 14.7 Å². The summed E-state index contributed by atoms with van der Waals surface area (Å²) in [6.07, 6.45) is 9.99. The SMILES string of the molecule is C=C/C(C(=O)N(CC)CC/C(C)=C/N=C(N=C)N1CCN(C2CCC2)CC1)=C(\N=C/C)SCC.CC. The van der Waals surface area contributed by atoms with Gasteiger partial charge in [-0.15, -0.1) is 11.8 Å². The molecule has 0 atom stereocenters. The number of hydrogen-bond donors (Lipinski definition) is 0. The molecule has 0 aromatic heterocycles. The van der Waals surface area contributed by atoms with Crippen molar-refractivity contribution in [1.82, 2.24) is 14.7 Å². The summed E-state index contributed by atoms with van der Waals surface area (Å²) in [5.41, 5.74) is 1.66. The number of likely N-dealkylation sites (N-methyl/N-ethyl adjacent to an activating group) is 1. The maximum absolute atomic E-state index is 13.2. The van der Waals surface area contributed by atoms with Crippen molar-refractivity contribution in [3.63, 3.8) is 0 Å². The third-order valence-corrected chi connectivity index (χ3v) is 7.25. The van der Waals surface area contributed by atoms with Crippen LogP contribution in [-0.4, -0.2) is 90.6 Å². The molecule has 1 aliphatic heterocycles. The third kappa shape index (κ3) is 9.69. The van der Waals surface area contributed by atoms with Gasteiger partial charge in [-0.2, -0.15) is 0 Å². The van der Waals surface area contributed by atoms with E-state index in [0.717, 1.165) is 55.0 Å². The fourth-order valence-corrected chi connectivity index (χ4v) is 4.86. The molecule has 0 radical (unpaired) electrons. The second-order valence-electron chi connectivity index (χ2n) is 8.55. The summed E-state index contributed by atoms with van der Waals surface area (Å²) in [5.74, 6) is 1.50. The summed E-state index contributed by atoms with van der Waals surface area (Å²) in [6, 6.07) is 0.785. The Morgan fingerprint density at radius 2 is 1.83 bits per heavy atom. The third-order valence-electron chi connectivity index (χ3n) is 6.37. The number of hydrogen-bond acceptors (Lipinski definition) is 5. The predicted octanol–water partition coefficient (Wildman–Crippen LogP) is 5.62. The summed E-state index contributed by atoms with van der Waals surface area (Å²) in [5, 5.41) is 0.722. The lowest BCUT2D eigenvalue weighted by Crippen LogP contribution is -2.53. The average molecular weight is 517 g/mol. The first-order chi connectivity index (χ1) is 17.5. The van der Waals surface area contributed by atoms with Gasteiger partial charge in [0.05, 0.1) is 5.57 Å². The van der Waals surface area contributed by atoms with Crippen molar-refractivity contribution in [1.29, 1.82) is 0 Å². The van der Waals surface area contributed by atoms with E-state index in [-0.39, 0.29) is 5.91 Å². The number of carbonyl (C=O) groups excluding carboxylic acids is 1. The predicted molar refractivity (Wildman–Crippen MR) is 159 cm³/mol. The molecule has 0 unspecified atom stereocenters. The van der Waals surface area contributed by atoms with E-state index < -0.39 is 0 Å². The van der Waals surface area contributed by atoms with Crippen molar-refractivity contribution in [2.45, 2.75) is 73.3 Å². The van der Waals surface area contributed by atoms with E-state index in [1.807, 2.05) is 52.6 Å². The molecule has 0 aromatic rings. The Hall–Kier alpha value is -2.19. The van der Waals surface area contributed by atoms with Crippen LogP contribution in [0.25, 0.3) is 0 Å². The average Bonchev–Trinajstić information content (AvgIpc) is 2.86. The van der Waals surface area contributed by atoms with Gasteiger partial charge in [0, 0.05) is 57.7 Å². The zero-order valence-corrected chi connectivity index (χ0v) is 24.3. The lowest BCUT2D eigenvalue weighted by Gasteiger charge is -2.43. The number of aliphatic imine (C=N–C) groups is 3. The standard InChI is InChI=1S/C26H42N6OS.C2H6/c1-7-23(24(28-8-2)34-10-4)25(33)30(9-3)15-14-21(5)20-29-26(27-6)32-18-16-31(17-19-32)22-12-11-13-22;1-2/h7-8,20,22H,1,6,9-19H2,2-5H3;1-2H3/b21-20+,24-23-,28-8-,29-26?;. The Kier molecular flexibility index (Phi) is 16.0. The molecule has 1 aliphatic carbocycles. The number of amides is 1. The molecule has 0 bridgehead atoms. The van der Waals surface area contributed by atoms with E-state index in [4.69, 9.17) is 0 Å². The highest BCUT2D eigenvalue weighted by molar-refractivity contribution is 8.03. The molecule has 36 heavy (non-hydrogen) atoms. The van der Waals surface area contributed by atoms with Crippen LogP contribution in [0.2, 0.25) is 0 Å². The monoisotopic (exact) mass is 516 g/mol. The summed E-state index contributed by atoms with van der Waals surface area (Å²) in [6.45, 7) is 24.8. The summed E-state index contributed by atoms with van der Waals surface area (Å²) in [7, 11) is 0. The lowest BCUT2D eigenvalue weighted by atomic mass is 9.91. The smallest absolute Gasteiger partial charge is 0.256 e. The van der Waals surface area contributed by atoms with Gasteiger partial charge in [0.15, 0.2) is 0 Å². The number of carbonyl (C=O) groups is 1. The molecule has 2 aliphatic rings. The molecule has 0 aromatic carbocycles. The number of rotatable bonds is 11. The lowest BCUT2D eigenvalue weighted by molar-refractivity contribution is -0.126. The number of guanidine groups is 1. The molecule has 1 saturated carbocycles. The zero-order valence-electron chi connectivity index (χ0n) is 23.5. The van der Waals surface area contributed by atoms with Crippen LogP contribution in [0, 0.1) is 0 Å². The summed E-state index contributed by atoms with van der Waals surface area (Å²) < 4.78 is 0. The van der Waals surface area contributed by atoms with Crippen molar-refractivity contribution >= 4 is 36.6 Å². The first kappa shape index (κ1) is 31.8. The van der Waals surface area contributed by atoms with Gasteiger partial charge in [-0.25, -0.2) is 9.98 Å². The van der Waals surface area contributed by atoms with Gasteiger partial charge in [-0.1, -0.05) is 45.4 Å². The van der Waals surface area contributed by atoms with E-state index in [1.54, 1.807) is 24.1 Å². The summed E-state index contributed by atoms with van der Waals surface area (Å²) >= 11 is 1.56. The van der Waals surface area contributed by atoms with E-state index in [2.05, 4.69) is 38.1 Å². The second kappa shape index (κ2) is 18.1. The van der Waals surface area contributed by atoms with E-state index in [9.17, 15) is 4.79 Å². The van der Waals surface area contributed by atoms with Gasteiger partial charge < -0.3 is 9.80 Å². The second-order valence-corrected chi connectivity index (χ2v) is 9.80. The van der Waals surface area contributed by atoms with Crippen LogP contribution in [0.1, 0.15) is 67.2 Å². The van der Waals surface area contributed by atoms with Gasteiger partial charge in [-0.05, 0) is 52.5 Å². The Balaban J connectivity index is 0.00000316. The maximum atomic E-state index is 13.2. The molecule has 2 rings (SSSR count). The van der Waals surface area contributed by atoms with E-state index in [1.165, 1.54) is 19.3 Å². The van der Waals surface area contributed by atoms with Gasteiger partial charge in [0.25, 0.3) is 5.91 Å². The Morgan fingerprint density at radius 1 is 1.17 bits per heavy atom. The molecule has 7 nitrogen and oxygen atoms in total. The van der Waals surface area contributed by atoms with Gasteiger partial charge in [0.2, 0.25) is 5.96 Å². The van der Waals surface area contributed by atoms with E-state index in [0.29, 0.717) is 24.6 Å². The zero-order chi connectivity index (χ0) is 26.9. The van der Waals surface area contributed by atoms with Crippen LogP contribution >= 0.6 is 11.8 Å². The largest absolute Gasteiger partial charge is 0.339 e. The van der Waals surface area contributed by atoms with E-state index >= 15 is 0 Å². The molecular weight excluding hydrogens is 468 g/mol. The van der Waals surface area contributed by atoms with Crippen LogP contribution in [0.15, 0.2) is 50.0 Å². The highest BCUT2D eigenvalue weighted by Gasteiger charge is 2.28. The maximum Gasteiger partial charge on any atom is 0.256 e. The van der Waals surface area contributed by atoms with Gasteiger partial charge >= 0.3 is 0 Å². The fraction of sp³-hybridized carbons (Fsp3) is 0.643. The molecule has 0 N–H and O–H groups in total. The molecule has 8 heteroatoms. The molecule has 0 spiro atoms. The van der Waals surface area contributed by atoms with Crippen LogP contribution in [-0.2, 0) is 4.79 Å². The fourth-order valence-electron chi connectivity index (χ4n) is 4.08. The minimum atomic E-state index is -0.0341. The Morgan fingerprint density at radius 3 is 2.31 bits per heavy atom. The minimum absolute atomic E-state index is 0.0341. The minimum Gasteiger partial charge on any atom is -0.339 e.